The molecular weight excluding hydrogens is 314 g/mol. The Hall–Kier alpha value is -1.84. The molecule has 1 aromatic rings. The summed E-state index contributed by atoms with van der Waals surface area (Å²) in [5.74, 6) is 2.10. The Bertz CT molecular complexity index is 661. The third-order valence-electron chi connectivity index (χ3n) is 6.90. The highest BCUT2D eigenvalue weighted by Gasteiger charge is 2.53. The van der Waals surface area contributed by atoms with Gasteiger partial charge in [-0.3, -0.25) is 4.79 Å². The third-order valence-corrected chi connectivity index (χ3v) is 6.90. The molecule has 4 fully saturated rings. The zero-order valence-corrected chi connectivity index (χ0v) is 15.1. The summed E-state index contributed by atoms with van der Waals surface area (Å²) >= 11 is 0. The first-order valence-electron chi connectivity index (χ1n) is 9.48. The lowest BCUT2D eigenvalue weighted by Gasteiger charge is -2.59. The average molecular weight is 341 g/mol. The maximum atomic E-state index is 12.7. The summed E-state index contributed by atoms with van der Waals surface area (Å²) < 4.78 is 4.75. The molecule has 134 valence electrons. The monoisotopic (exact) mass is 341 g/mol. The molecule has 0 aliphatic heterocycles. The summed E-state index contributed by atoms with van der Waals surface area (Å²) in [5.41, 5.74) is 1.22. The Morgan fingerprint density at radius 1 is 1.08 bits per heavy atom. The number of carbonyl (C=O) groups is 2. The standard InChI is InChI=1S/C21H27NO3/c1-13(21-10-14-6-15(11-21)8-16(7-14)12-21)22-19(23)17-4-3-5-18(9-17)20(24)25-2/h3-5,9,13-16H,6-8,10-12H2,1-2H3,(H,22,23). The quantitative estimate of drug-likeness (QED) is 0.847. The van der Waals surface area contributed by atoms with E-state index in [0.29, 0.717) is 11.1 Å². The van der Waals surface area contributed by atoms with Crippen LogP contribution in [0.1, 0.15) is 66.2 Å². The predicted octanol–water partition coefficient (Wildman–Crippen LogP) is 3.81. The molecule has 5 rings (SSSR count). The highest BCUT2D eigenvalue weighted by Crippen LogP contribution is 2.61. The number of esters is 1. The Morgan fingerprint density at radius 3 is 2.20 bits per heavy atom. The van der Waals surface area contributed by atoms with E-state index in [0.717, 1.165) is 17.8 Å². The first-order valence-corrected chi connectivity index (χ1v) is 9.48. The van der Waals surface area contributed by atoms with Crippen LogP contribution < -0.4 is 5.32 Å². The first-order chi connectivity index (χ1) is 12.0. The fourth-order valence-corrected chi connectivity index (χ4v) is 6.05. The van der Waals surface area contributed by atoms with Gasteiger partial charge in [-0.15, -0.1) is 0 Å². The van der Waals surface area contributed by atoms with Crippen LogP contribution in [-0.2, 0) is 4.74 Å². The smallest absolute Gasteiger partial charge is 0.337 e. The fraction of sp³-hybridized carbons (Fsp3) is 0.619. The van der Waals surface area contributed by atoms with Gasteiger partial charge >= 0.3 is 5.97 Å². The Labute approximate surface area is 149 Å². The molecule has 1 unspecified atom stereocenters. The second-order valence-electron chi connectivity index (χ2n) is 8.55. The van der Waals surface area contributed by atoms with Crippen molar-refractivity contribution in [1.82, 2.24) is 5.32 Å². The summed E-state index contributed by atoms with van der Waals surface area (Å²) in [4.78, 5) is 24.4. The van der Waals surface area contributed by atoms with Gasteiger partial charge in [-0.05, 0) is 86.8 Å². The molecule has 1 N–H and O–H groups in total. The van der Waals surface area contributed by atoms with E-state index in [4.69, 9.17) is 4.74 Å². The number of rotatable bonds is 4. The van der Waals surface area contributed by atoms with Crippen LogP contribution in [0.4, 0.5) is 0 Å². The number of carbonyl (C=O) groups excluding carboxylic acids is 2. The van der Waals surface area contributed by atoms with Crippen molar-refractivity contribution in [3.63, 3.8) is 0 Å². The van der Waals surface area contributed by atoms with Crippen molar-refractivity contribution in [2.45, 2.75) is 51.5 Å². The van der Waals surface area contributed by atoms with Gasteiger partial charge in [-0.2, -0.15) is 0 Å². The summed E-state index contributed by atoms with van der Waals surface area (Å²) in [7, 11) is 1.35. The molecule has 4 saturated carbocycles. The van der Waals surface area contributed by atoms with E-state index in [-0.39, 0.29) is 17.4 Å². The van der Waals surface area contributed by atoms with Gasteiger partial charge in [0.05, 0.1) is 12.7 Å². The van der Waals surface area contributed by atoms with Gasteiger partial charge in [0.25, 0.3) is 5.91 Å². The number of hydrogen-bond donors (Lipinski definition) is 1. The van der Waals surface area contributed by atoms with Gasteiger partial charge in [0, 0.05) is 11.6 Å². The van der Waals surface area contributed by atoms with Crippen molar-refractivity contribution in [3.8, 4) is 0 Å². The summed E-state index contributed by atoms with van der Waals surface area (Å²) in [6.45, 7) is 2.18. The van der Waals surface area contributed by atoms with E-state index in [9.17, 15) is 9.59 Å². The van der Waals surface area contributed by atoms with Gasteiger partial charge in [-0.1, -0.05) is 6.07 Å². The molecule has 1 amide bonds. The lowest BCUT2D eigenvalue weighted by molar-refractivity contribution is -0.0688. The van der Waals surface area contributed by atoms with Gasteiger partial charge < -0.3 is 10.1 Å². The highest BCUT2D eigenvalue weighted by molar-refractivity contribution is 5.98. The van der Waals surface area contributed by atoms with Gasteiger partial charge in [0.1, 0.15) is 0 Å². The predicted molar refractivity (Wildman–Crippen MR) is 95.3 cm³/mol. The molecule has 1 atom stereocenters. The van der Waals surface area contributed by atoms with E-state index in [1.165, 1.54) is 45.6 Å². The van der Waals surface area contributed by atoms with Gasteiger partial charge in [0.2, 0.25) is 0 Å². The minimum Gasteiger partial charge on any atom is -0.465 e. The molecule has 0 spiro atoms. The molecule has 4 aliphatic carbocycles. The van der Waals surface area contributed by atoms with E-state index in [2.05, 4.69) is 12.2 Å². The lowest BCUT2D eigenvalue weighted by Crippen LogP contribution is -2.55. The lowest BCUT2D eigenvalue weighted by atomic mass is 9.48. The maximum Gasteiger partial charge on any atom is 0.337 e. The first kappa shape index (κ1) is 16.6. The second kappa shape index (κ2) is 6.15. The number of ether oxygens (including phenoxy) is 1. The van der Waals surface area contributed by atoms with E-state index in [1.807, 2.05) is 0 Å². The molecule has 0 saturated heterocycles. The third kappa shape index (κ3) is 2.96. The molecule has 4 nitrogen and oxygen atoms in total. The molecule has 4 heteroatoms. The largest absolute Gasteiger partial charge is 0.465 e. The minimum absolute atomic E-state index is 0.0889. The van der Waals surface area contributed by atoms with Crippen LogP contribution in [0.3, 0.4) is 0 Å². The molecule has 1 aromatic carbocycles. The van der Waals surface area contributed by atoms with Crippen LogP contribution in [-0.4, -0.2) is 25.0 Å². The minimum atomic E-state index is -0.413. The Kier molecular flexibility index (Phi) is 4.09. The van der Waals surface area contributed by atoms with Crippen molar-refractivity contribution in [1.29, 1.82) is 0 Å². The Morgan fingerprint density at radius 2 is 1.64 bits per heavy atom. The number of nitrogens with one attached hydrogen (secondary N) is 1. The van der Waals surface area contributed by atoms with Crippen molar-refractivity contribution in [2.75, 3.05) is 7.11 Å². The van der Waals surface area contributed by atoms with Crippen LogP contribution in [0.15, 0.2) is 24.3 Å². The van der Waals surface area contributed by atoms with Crippen molar-refractivity contribution >= 4 is 11.9 Å². The van der Waals surface area contributed by atoms with Crippen molar-refractivity contribution in [2.24, 2.45) is 23.2 Å². The SMILES string of the molecule is COC(=O)c1cccc(C(=O)NC(C)C23CC4CC(CC(C4)C2)C3)c1. The molecule has 0 aromatic heterocycles. The van der Waals surface area contributed by atoms with Crippen molar-refractivity contribution in [3.05, 3.63) is 35.4 Å². The van der Waals surface area contributed by atoms with Gasteiger partial charge in [0.15, 0.2) is 0 Å². The number of hydrogen-bond acceptors (Lipinski definition) is 3. The zero-order chi connectivity index (χ0) is 17.6. The molecular formula is C21H27NO3. The summed E-state index contributed by atoms with van der Waals surface area (Å²) in [6, 6.07) is 6.96. The van der Waals surface area contributed by atoms with Crippen LogP contribution in [0.25, 0.3) is 0 Å². The highest BCUT2D eigenvalue weighted by atomic mass is 16.5. The van der Waals surface area contributed by atoms with Crippen LogP contribution in [0, 0.1) is 23.2 Å². The Balaban J connectivity index is 1.48. The molecule has 4 bridgehead atoms. The van der Waals surface area contributed by atoms with Crippen LogP contribution in [0.5, 0.6) is 0 Å². The van der Waals surface area contributed by atoms with Gasteiger partial charge in [-0.25, -0.2) is 4.79 Å². The summed E-state index contributed by atoms with van der Waals surface area (Å²) in [5, 5.41) is 3.25. The zero-order valence-electron chi connectivity index (χ0n) is 15.1. The van der Waals surface area contributed by atoms with Crippen LogP contribution >= 0.6 is 0 Å². The van der Waals surface area contributed by atoms with Crippen molar-refractivity contribution < 1.29 is 14.3 Å². The normalized spacial score (nSPS) is 33.8. The number of benzene rings is 1. The number of methoxy groups -OCH3 is 1. The fourth-order valence-electron chi connectivity index (χ4n) is 6.05. The molecule has 4 aliphatic rings. The average Bonchev–Trinajstić information content (AvgIpc) is 2.60. The maximum absolute atomic E-state index is 12.7. The molecule has 0 radical (unpaired) electrons. The number of amides is 1. The second-order valence-corrected chi connectivity index (χ2v) is 8.55. The topological polar surface area (TPSA) is 55.4 Å². The molecule has 0 heterocycles. The van der Waals surface area contributed by atoms with E-state index < -0.39 is 5.97 Å². The van der Waals surface area contributed by atoms with E-state index >= 15 is 0 Å². The van der Waals surface area contributed by atoms with E-state index in [1.54, 1.807) is 24.3 Å². The van der Waals surface area contributed by atoms with Crippen LogP contribution in [0.2, 0.25) is 0 Å². The summed E-state index contributed by atoms with van der Waals surface area (Å²) in [6.07, 6.45) is 8.01. The molecule has 25 heavy (non-hydrogen) atoms.